The number of methoxy groups -OCH3 is 2. The molecule has 0 aliphatic heterocycles. The summed E-state index contributed by atoms with van der Waals surface area (Å²) in [6.07, 6.45) is 40.9. The van der Waals surface area contributed by atoms with E-state index >= 15 is 0 Å². The van der Waals surface area contributed by atoms with Crippen LogP contribution in [0.1, 0.15) is 137 Å². The Morgan fingerprint density at radius 2 is 0.688 bits per heavy atom. The average molecular weight is 1310 g/mol. The number of unbranched alkanes of at least 4 members (excludes halogenated alkanes) is 2. The smallest absolute Gasteiger partial charge is 0.263 e. The monoisotopic (exact) mass is 1310 g/mol. The van der Waals surface area contributed by atoms with Crippen molar-refractivity contribution in [2.24, 2.45) is 11.8 Å². The third-order valence-electron chi connectivity index (χ3n) is 17.5. The van der Waals surface area contributed by atoms with Crippen molar-refractivity contribution < 1.29 is 18.9 Å². The summed E-state index contributed by atoms with van der Waals surface area (Å²) >= 11 is 0. The first-order valence-corrected chi connectivity index (χ1v) is 37.8. The number of hydrogen-bond acceptors (Lipinski definition) is 12. The van der Waals surface area contributed by atoms with Gasteiger partial charge < -0.3 is 18.9 Å². The predicted molar refractivity (Wildman–Crippen MR) is 403 cm³/mol. The van der Waals surface area contributed by atoms with E-state index in [4.69, 9.17) is 58.8 Å². The number of ether oxygens (including phenoxy) is 4. The number of aryl methyl sites for hydroxylation is 2. The van der Waals surface area contributed by atoms with Crippen molar-refractivity contribution in [3.63, 3.8) is 0 Å². The lowest BCUT2D eigenvalue weighted by Crippen LogP contribution is -2.77. The molecule has 0 aliphatic carbocycles. The molecular formula is C82H92N8O4Si2. The summed E-state index contributed by atoms with van der Waals surface area (Å²) in [6.45, 7) is 18.5. The van der Waals surface area contributed by atoms with Crippen molar-refractivity contribution >= 4 is 95.1 Å². The van der Waals surface area contributed by atoms with Crippen LogP contribution in [0, 0.1) is 25.7 Å². The number of rotatable bonds is 30. The summed E-state index contributed by atoms with van der Waals surface area (Å²) in [6, 6.07) is 49.3. The van der Waals surface area contributed by atoms with Crippen molar-refractivity contribution in [3.8, 4) is 23.0 Å². The summed E-state index contributed by atoms with van der Waals surface area (Å²) in [7, 11) is -2.61. The van der Waals surface area contributed by atoms with Crippen LogP contribution in [-0.2, 0) is 0 Å². The van der Waals surface area contributed by atoms with Gasteiger partial charge in [-0.15, -0.1) is 0 Å². The van der Waals surface area contributed by atoms with E-state index in [-0.39, 0.29) is 0 Å². The summed E-state index contributed by atoms with van der Waals surface area (Å²) < 4.78 is 24.6. The summed E-state index contributed by atoms with van der Waals surface area (Å²) in [4.78, 5) is 39.7. The zero-order valence-corrected chi connectivity index (χ0v) is 59.5. The maximum absolute atomic E-state index is 6.45. The Morgan fingerprint density at radius 1 is 0.365 bits per heavy atom. The van der Waals surface area contributed by atoms with Crippen LogP contribution in [0.2, 0.25) is 0 Å². The van der Waals surface area contributed by atoms with Gasteiger partial charge in [-0.05, 0) is 172 Å². The Hall–Kier alpha value is -9.77. The summed E-state index contributed by atoms with van der Waals surface area (Å²) in [5, 5.41) is 7.49. The molecule has 0 saturated carbocycles. The standard InChI is InChI=1S/2C41H46N4O2Si/c2*1-6-9-15-32(8-3)30-47-37-27-35(36(46-5)26-34(37)14-7-2)21-19-33-20-23-41(45-29-33)48(38-16-10-12-24-42-38,39-17-11-13-25-43-39)40-22-18-31(4)28-44-40/h2*7,10-14,16-29,32H,6,8-9,15,30H2,1-5H3. The third-order valence-corrected chi connectivity index (χ3v) is 26.0. The van der Waals surface area contributed by atoms with Gasteiger partial charge in [-0.1, -0.05) is 163 Å². The Kier molecular flexibility index (Phi) is 26.2. The number of allylic oxidation sites excluding steroid dienone is 2. The molecule has 0 aliphatic rings. The number of hydrogen-bond donors (Lipinski definition) is 0. The molecule has 0 spiro atoms. The average Bonchev–Trinajstić information content (AvgIpc) is 0.745. The molecule has 0 bridgehead atoms. The Bertz CT molecular complexity index is 3770. The lowest BCUT2D eigenvalue weighted by molar-refractivity contribution is 0.232. The van der Waals surface area contributed by atoms with Gasteiger partial charge in [0.2, 0.25) is 0 Å². The van der Waals surface area contributed by atoms with Crippen molar-refractivity contribution in [1.29, 1.82) is 0 Å². The molecule has 96 heavy (non-hydrogen) atoms. The lowest BCUT2D eigenvalue weighted by Gasteiger charge is -2.29. The molecule has 8 aromatic heterocycles. The minimum absolute atomic E-state index is 0.539. The van der Waals surface area contributed by atoms with Gasteiger partial charge in [0.15, 0.2) is 0 Å². The maximum Gasteiger partial charge on any atom is 0.263 e. The van der Waals surface area contributed by atoms with Crippen LogP contribution in [0.3, 0.4) is 0 Å². The van der Waals surface area contributed by atoms with Gasteiger partial charge >= 0.3 is 0 Å². The normalized spacial score (nSPS) is 12.4. The molecule has 0 fully saturated rings. The fraction of sp³-hybridized carbons (Fsp3) is 0.268. The third kappa shape index (κ3) is 17.2. The minimum Gasteiger partial charge on any atom is -0.496 e. The van der Waals surface area contributed by atoms with Crippen molar-refractivity contribution in [1.82, 2.24) is 39.9 Å². The zero-order valence-electron chi connectivity index (χ0n) is 57.5. The van der Waals surface area contributed by atoms with E-state index in [1.165, 1.54) is 38.5 Å². The van der Waals surface area contributed by atoms with E-state index < -0.39 is 16.1 Å². The van der Waals surface area contributed by atoms with Gasteiger partial charge in [0.1, 0.15) is 23.0 Å². The fourth-order valence-corrected chi connectivity index (χ4v) is 20.0. The Labute approximate surface area is 571 Å². The highest BCUT2D eigenvalue weighted by molar-refractivity contribution is 7.19. The van der Waals surface area contributed by atoms with Crippen LogP contribution in [0.4, 0.5) is 0 Å². The molecule has 14 heteroatoms. The van der Waals surface area contributed by atoms with Crippen LogP contribution >= 0.6 is 0 Å². The van der Waals surface area contributed by atoms with E-state index in [0.717, 1.165) is 123 Å². The maximum atomic E-state index is 6.45. The van der Waals surface area contributed by atoms with Gasteiger partial charge in [-0.3, -0.25) is 39.9 Å². The predicted octanol–water partition coefficient (Wildman–Crippen LogP) is 13.5. The van der Waals surface area contributed by atoms with Crippen LogP contribution in [0.25, 0.3) is 36.5 Å². The highest BCUT2D eigenvalue weighted by Gasteiger charge is 2.48. The highest BCUT2D eigenvalue weighted by atomic mass is 28.3. The molecule has 0 saturated heterocycles. The largest absolute Gasteiger partial charge is 0.496 e. The second-order valence-electron chi connectivity index (χ2n) is 24.1. The Morgan fingerprint density at radius 3 is 0.958 bits per heavy atom. The van der Waals surface area contributed by atoms with Crippen LogP contribution < -0.4 is 61.5 Å². The number of nitrogens with zero attached hydrogens (tertiary/aromatic N) is 8. The van der Waals surface area contributed by atoms with Gasteiger partial charge in [0.25, 0.3) is 16.1 Å². The molecule has 10 rings (SSSR count). The van der Waals surface area contributed by atoms with Gasteiger partial charge in [-0.25, -0.2) is 0 Å². The molecule has 492 valence electrons. The second kappa shape index (κ2) is 35.7. The second-order valence-corrected chi connectivity index (χ2v) is 31.2. The van der Waals surface area contributed by atoms with Crippen molar-refractivity contribution in [2.75, 3.05) is 27.4 Å². The van der Waals surface area contributed by atoms with E-state index in [0.29, 0.717) is 25.0 Å². The van der Waals surface area contributed by atoms with E-state index in [1.54, 1.807) is 14.2 Å². The summed E-state index contributed by atoms with van der Waals surface area (Å²) in [5.74, 6) is 4.38. The molecular weight excluding hydrogens is 1220 g/mol. The molecule has 8 heterocycles. The van der Waals surface area contributed by atoms with Gasteiger partial charge in [0.05, 0.1) is 27.4 Å². The Balaban J connectivity index is 0.000000225. The topological polar surface area (TPSA) is 140 Å². The molecule has 2 unspecified atom stereocenters. The molecule has 0 radical (unpaired) electrons. The van der Waals surface area contributed by atoms with Gasteiger partial charge in [0, 0.05) is 114 Å². The summed E-state index contributed by atoms with van der Waals surface area (Å²) in [5.41, 5.74) is 8.04. The van der Waals surface area contributed by atoms with Gasteiger partial charge in [-0.2, -0.15) is 0 Å². The SMILES string of the molecule is CC=Cc1cc(OC)c(C=Cc2ccc([Si](c3ccccn3)(c3ccccn3)c3ccc(C)cn3)nc2)cc1OCC(CC)CCCC.CC=Cc1cc(OC)c(C=Cc2ccc([Si](c3ccccn3)(c3ccccn3)c3ccc(C)cn3)nc2)cc1OCC(CC)CCCC. The molecule has 0 N–H and O–H groups in total. The number of pyridine rings is 8. The first-order chi connectivity index (χ1) is 47.1. The fourth-order valence-electron chi connectivity index (χ4n) is 12.0. The molecule has 10 aromatic rings. The quantitative estimate of drug-likeness (QED) is 0.0396. The number of benzene rings is 2. The molecule has 12 nitrogen and oxygen atoms in total. The van der Waals surface area contributed by atoms with Crippen molar-refractivity contribution in [3.05, 3.63) is 252 Å². The number of aromatic nitrogens is 8. The first-order valence-electron chi connectivity index (χ1n) is 33.8. The molecule has 0 amide bonds. The van der Waals surface area contributed by atoms with E-state index in [2.05, 4.69) is 175 Å². The van der Waals surface area contributed by atoms with Crippen LogP contribution in [-0.4, -0.2) is 83.5 Å². The zero-order chi connectivity index (χ0) is 67.5. The molecule has 2 aromatic carbocycles. The van der Waals surface area contributed by atoms with E-state index in [1.807, 2.05) is 124 Å². The van der Waals surface area contributed by atoms with Crippen LogP contribution in [0.5, 0.6) is 23.0 Å². The lowest BCUT2D eigenvalue weighted by atomic mass is 10.0. The van der Waals surface area contributed by atoms with Crippen LogP contribution in [0.15, 0.2) is 207 Å². The first kappa shape index (κ1) is 70.5. The van der Waals surface area contributed by atoms with E-state index in [9.17, 15) is 0 Å². The highest BCUT2D eigenvalue weighted by Crippen LogP contribution is 2.34. The minimum atomic E-state index is -3.01. The molecule has 2 atom stereocenters. The van der Waals surface area contributed by atoms with Crippen molar-refractivity contribution in [2.45, 2.75) is 107 Å².